The van der Waals surface area contributed by atoms with E-state index < -0.39 is 54.2 Å². The molecule has 0 unspecified atom stereocenters. The van der Waals surface area contributed by atoms with Crippen LogP contribution in [0.4, 0.5) is 36.4 Å². The van der Waals surface area contributed by atoms with E-state index in [4.69, 9.17) is 0 Å². The Morgan fingerprint density at radius 2 is 1.92 bits per heavy atom. The molecule has 0 saturated heterocycles. The Balaban J connectivity index is 2.23. The number of carbonyl (C=O) groups excluding carboxylic acids is 1. The summed E-state index contributed by atoms with van der Waals surface area (Å²) < 4.78 is 89.3. The number of halogens is 7. The Kier molecular flexibility index (Phi) is 5.04. The molecule has 0 radical (unpaired) electrons. The lowest BCUT2D eigenvalue weighted by atomic mass is 10.3. The van der Waals surface area contributed by atoms with Crippen LogP contribution in [0.25, 0.3) is 0 Å². The molecule has 0 aromatic carbocycles. The van der Waals surface area contributed by atoms with Crippen molar-refractivity contribution in [3.05, 3.63) is 28.8 Å². The summed E-state index contributed by atoms with van der Waals surface area (Å²) in [4.78, 5) is 11.9. The van der Waals surface area contributed by atoms with Gasteiger partial charge in [-0.25, -0.2) is 17.6 Å². The molecule has 1 amide bonds. The van der Waals surface area contributed by atoms with E-state index in [-0.39, 0.29) is 5.69 Å². The summed E-state index contributed by atoms with van der Waals surface area (Å²) in [6.07, 6.45) is -11.2. The van der Waals surface area contributed by atoms with Crippen molar-refractivity contribution in [3.63, 3.8) is 0 Å². The molecule has 0 aliphatic carbocycles. The summed E-state index contributed by atoms with van der Waals surface area (Å²) in [6.45, 7) is 0.222. The van der Waals surface area contributed by atoms with Gasteiger partial charge >= 0.3 is 6.18 Å². The van der Waals surface area contributed by atoms with Crippen molar-refractivity contribution in [3.8, 4) is 0 Å². The average Bonchev–Trinajstić information content (AvgIpc) is 3.03. The van der Waals surface area contributed by atoms with E-state index in [1.54, 1.807) is 0 Å². The number of nitrogens with one attached hydrogen (secondary N) is 2. The molecule has 2 heterocycles. The number of aromatic nitrogens is 4. The number of rotatable bonds is 5. The summed E-state index contributed by atoms with van der Waals surface area (Å²) >= 11 is 0. The smallest absolute Gasteiger partial charge is 0.321 e. The van der Waals surface area contributed by atoms with Gasteiger partial charge in [-0.15, -0.1) is 0 Å². The summed E-state index contributed by atoms with van der Waals surface area (Å²) in [5, 5.41) is 10.1. The highest BCUT2D eigenvalue weighted by molar-refractivity contribution is 5.91. The number of anilines is 1. The van der Waals surface area contributed by atoms with Crippen LogP contribution in [0, 0.1) is 6.92 Å². The van der Waals surface area contributed by atoms with Crippen LogP contribution < -0.4 is 5.32 Å². The number of H-pyrrole nitrogens is 1. The van der Waals surface area contributed by atoms with Crippen molar-refractivity contribution in [1.29, 1.82) is 0 Å². The van der Waals surface area contributed by atoms with Gasteiger partial charge in [-0.2, -0.15) is 23.4 Å². The fraction of sp³-hybridized carbons (Fsp3) is 0.417. The van der Waals surface area contributed by atoms with E-state index >= 15 is 0 Å². The first kappa shape index (κ1) is 18.7. The van der Waals surface area contributed by atoms with Gasteiger partial charge in [-0.3, -0.25) is 14.6 Å². The van der Waals surface area contributed by atoms with Crippen LogP contribution in [0.5, 0.6) is 0 Å². The van der Waals surface area contributed by atoms with E-state index in [1.807, 2.05) is 10.4 Å². The van der Waals surface area contributed by atoms with Gasteiger partial charge < -0.3 is 5.32 Å². The van der Waals surface area contributed by atoms with Crippen LogP contribution in [0.1, 0.15) is 35.6 Å². The topological polar surface area (TPSA) is 75.6 Å². The van der Waals surface area contributed by atoms with E-state index in [9.17, 15) is 35.5 Å². The first-order valence-corrected chi connectivity index (χ1v) is 6.56. The highest BCUT2D eigenvalue weighted by atomic mass is 19.4. The number of carbonyl (C=O) groups is 1. The summed E-state index contributed by atoms with van der Waals surface area (Å²) in [5.74, 6) is -1.17. The second-order valence-corrected chi connectivity index (χ2v) is 4.87. The predicted molar refractivity (Wildman–Crippen MR) is 69.1 cm³/mol. The van der Waals surface area contributed by atoms with Crippen LogP contribution in [-0.2, 0) is 17.5 Å². The normalized spacial score (nSPS) is 12.2. The molecule has 2 rings (SSSR count). The summed E-state index contributed by atoms with van der Waals surface area (Å²) in [6, 6.07) is 0.423. The van der Waals surface area contributed by atoms with Gasteiger partial charge in [-0.1, -0.05) is 0 Å². The fourth-order valence-corrected chi connectivity index (χ4v) is 1.96. The minimum Gasteiger partial charge on any atom is -0.321 e. The molecular weight excluding hydrogens is 363 g/mol. The van der Waals surface area contributed by atoms with Crippen molar-refractivity contribution in [2.75, 3.05) is 5.32 Å². The van der Waals surface area contributed by atoms with Gasteiger partial charge in [0.05, 0.1) is 11.4 Å². The zero-order chi connectivity index (χ0) is 18.9. The van der Waals surface area contributed by atoms with Crippen LogP contribution in [0.15, 0.2) is 6.07 Å². The van der Waals surface area contributed by atoms with Gasteiger partial charge in [0.1, 0.15) is 17.9 Å². The van der Waals surface area contributed by atoms with Crippen LogP contribution in [-0.4, -0.2) is 25.9 Å². The van der Waals surface area contributed by atoms with E-state index in [0.717, 1.165) is 0 Å². The average molecular weight is 373 g/mol. The van der Waals surface area contributed by atoms with Crippen LogP contribution >= 0.6 is 0 Å². The Morgan fingerprint density at radius 3 is 2.44 bits per heavy atom. The molecule has 2 N–H and O–H groups in total. The van der Waals surface area contributed by atoms with E-state index in [1.165, 1.54) is 6.92 Å². The molecule has 0 spiro atoms. The molecule has 138 valence electrons. The quantitative estimate of drug-likeness (QED) is 0.789. The minimum absolute atomic E-state index is 0.122. The molecule has 2 aromatic heterocycles. The van der Waals surface area contributed by atoms with E-state index in [2.05, 4.69) is 10.2 Å². The highest BCUT2D eigenvalue weighted by Crippen LogP contribution is 2.34. The third-order valence-corrected chi connectivity index (χ3v) is 3.05. The number of hydrogen-bond donors (Lipinski definition) is 2. The van der Waals surface area contributed by atoms with Crippen molar-refractivity contribution < 1.29 is 35.5 Å². The number of alkyl halides is 7. The lowest BCUT2D eigenvalue weighted by molar-refractivity contribution is -0.140. The minimum atomic E-state index is -4.87. The zero-order valence-electron chi connectivity index (χ0n) is 12.3. The van der Waals surface area contributed by atoms with Crippen LogP contribution in [0.3, 0.4) is 0 Å². The molecule has 13 heteroatoms. The Morgan fingerprint density at radius 1 is 1.28 bits per heavy atom. The second kappa shape index (κ2) is 6.72. The maximum Gasteiger partial charge on any atom is 0.437 e. The molecule has 2 aromatic rings. The maximum atomic E-state index is 12.8. The second-order valence-electron chi connectivity index (χ2n) is 4.87. The standard InChI is InChI=1S/C12H10F7N5O/c1-4-8(9(22-21-4)12(17,18)19)20-7(25)3-24-6(11(15)16)2-5(23-24)10(13)14/h2,10-11H,3H2,1H3,(H,20,25)(H,21,22). The van der Waals surface area contributed by atoms with Crippen molar-refractivity contribution in [2.24, 2.45) is 0 Å². The Hall–Kier alpha value is -2.60. The molecule has 0 bridgehead atoms. The SMILES string of the molecule is Cc1[nH]nc(C(F)(F)F)c1NC(=O)Cn1nc(C(F)F)cc1C(F)F. The monoisotopic (exact) mass is 373 g/mol. The van der Waals surface area contributed by atoms with Gasteiger partial charge in [0, 0.05) is 0 Å². The lowest BCUT2D eigenvalue weighted by Gasteiger charge is -2.10. The molecule has 0 aliphatic rings. The fourth-order valence-electron chi connectivity index (χ4n) is 1.96. The molecule has 6 nitrogen and oxygen atoms in total. The maximum absolute atomic E-state index is 12.8. The zero-order valence-corrected chi connectivity index (χ0v) is 12.3. The number of hydrogen-bond acceptors (Lipinski definition) is 3. The predicted octanol–water partition coefficient (Wildman–Crippen LogP) is 3.45. The first-order chi connectivity index (χ1) is 11.5. The van der Waals surface area contributed by atoms with Crippen molar-refractivity contribution >= 4 is 11.6 Å². The van der Waals surface area contributed by atoms with Crippen LogP contribution in [0.2, 0.25) is 0 Å². The van der Waals surface area contributed by atoms with Gasteiger partial charge in [0.2, 0.25) is 5.91 Å². The molecule has 0 fully saturated rings. The van der Waals surface area contributed by atoms with Gasteiger partial charge in [0.25, 0.3) is 12.9 Å². The van der Waals surface area contributed by atoms with Crippen molar-refractivity contribution in [1.82, 2.24) is 20.0 Å². The number of amides is 1. The van der Waals surface area contributed by atoms with Gasteiger partial charge in [0.15, 0.2) is 5.69 Å². The summed E-state index contributed by atoms with van der Waals surface area (Å²) in [5.41, 5.74) is -4.13. The molecular formula is C12H10F7N5O. The molecule has 0 aliphatic heterocycles. The number of aryl methyl sites for hydroxylation is 1. The Labute approximate surface area is 135 Å². The van der Waals surface area contributed by atoms with Crippen molar-refractivity contribution in [2.45, 2.75) is 32.5 Å². The highest BCUT2D eigenvalue weighted by Gasteiger charge is 2.38. The number of aromatic amines is 1. The van der Waals surface area contributed by atoms with E-state index in [0.29, 0.717) is 10.7 Å². The van der Waals surface area contributed by atoms with Gasteiger partial charge in [-0.05, 0) is 13.0 Å². The third-order valence-electron chi connectivity index (χ3n) is 3.05. The molecule has 0 atom stereocenters. The summed E-state index contributed by atoms with van der Waals surface area (Å²) in [7, 11) is 0. The number of nitrogens with zero attached hydrogens (tertiary/aromatic N) is 3. The lowest BCUT2D eigenvalue weighted by Crippen LogP contribution is -2.23. The molecule has 25 heavy (non-hydrogen) atoms. The third kappa shape index (κ3) is 4.09. The molecule has 0 saturated carbocycles. The largest absolute Gasteiger partial charge is 0.437 e. The first-order valence-electron chi connectivity index (χ1n) is 6.56. The Bertz CT molecular complexity index is 764.